The quantitative estimate of drug-likeness (QED) is 0.450. The van der Waals surface area contributed by atoms with Crippen LogP contribution in [0.4, 0.5) is 0 Å². The molecule has 4 aromatic rings. The van der Waals surface area contributed by atoms with Crippen LogP contribution in [0.25, 0.3) is 22.4 Å². The highest BCUT2D eigenvalue weighted by molar-refractivity contribution is 6.07. The molecule has 1 aromatic carbocycles. The van der Waals surface area contributed by atoms with Gasteiger partial charge in [0.25, 0.3) is 5.91 Å². The first kappa shape index (κ1) is 19.6. The SMILES string of the molecule is COCCOc1ncccc1CNC(=O)c1cc(-c2ccco2)nc2ccccc12. The van der Waals surface area contributed by atoms with Crippen LogP contribution in [-0.2, 0) is 11.3 Å². The Balaban J connectivity index is 1.58. The second-order valence-corrected chi connectivity index (χ2v) is 6.54. The summed E-state index contributed by atoms with van der Waals surface area (Å²) in [5, 5.41) is 3.73. The van der Waals surface area contributed by atoms with E-state index >= 15 is 0 Å². The number of methoxy groups -OCH3 is 1. The highest BCUT2D eigenvalue weighted by Crippen LogP contribution is 2.25. The number of amides is 1. The number of hydrogen-bond donors (Lipinski definition) is 1. The van der Waals surface area contributed by atoms with Crippen LogP contribution in [0.15, 0.2) is 71.5 Å². The minimum absolute atomic E-state index is 0.215. The molecule has 4 rings (SSSR count). The Hall–Kier alpha value is -3.71. The fourth-order valence-electron chi connectivity index (χ4n) is 3.09. The maximum absolute atomic E-state index is 13.1. The summed E-state index contributed by atoms with van der Waals surface area (Å²) >= 11 is 0. The largest absolute Gasteiger partial charge is 0.475 e. The van der Waals surface area contributed by atoms with Crippen molar-refractivity contribution >= 4 is 16.8 Å². The average Bonchev–Trinajstić information content (AvgIpc) is 3.33. The number of benzene rings is 1. The van der Waals surface area contributed by atoms with Crippen LogP contribution < -0.4 is 10.1 Å². The van der Waals surface area contributed by atoms with Crippen molar-refractivity contribution in [3.63, 3.8) is 0 Å². The van der Waals surface area contributed by atoms with Crippen LogP contribution in [-0.4, -0.2) is 36.2 Å². The molecular formula is C23H21N3O4. The fraction of sp³-hybridized carbons (Fsp3) is 0.174. The summed E-state index contributed by atoms with van der Waals surface area (Å²) in [5.41, 5.74) is 2.64. The van der Waals surface area contributed by atoms with Gasteiger partial charge in [-0.1, -0.05) is 24.3 Å². The van der Waals surface area contributed by atoms with Gasteiger partial charge < -0.3 is 19.2 Å². The molecule has 0 saturated carbocycles. The number of furan rings is 1. The predicted octanol–water partition coefficient (Wildman–Crippen LogP) is 3.85. The Morgan fingerprint density at radius 2 is 2.00 bits per heavy atom. The van der Waals surface area contributed by atoms with E-state index in [2.05, 4.69) is 15.3 Å². The Morgan fingerprint density at radius 3 is 2.83 bits per heavy atom. The van der Waals surface area contributed by atoms with E-state index in [0.717, 1.165) is 16.5 Å². The summed E-state index contributed by atoms with van der Waals surface area (Å²) in [6, 6.07) is 16.6. The number of pyridine rings is 2. The zero-order valence-electron chi connectivity index (χ0n) is 16.5. The molecule has 0 atom stereocenters. The van der Waals surface area contributed by atoms with Crippen molar-refractivity contribution in [2.45, 2.75) is 6.54 Å². The van der Waals surface area contributed by atoms with Gasteiger partial charge in [-0.25, -0.2) is 9.97 Å². The van der Waals surface area contributed by atoms with Crippen molar-refractivity contribution in [2.24, 2.45) is 0 Å². The predicted molar refractivity (Wildman–Crippen MR) is 112 cm³/mol. The number of para-hydroxylation sites is 1. The number of rotatable bonds is 8. The summed E-state index contributed by atoms with van der Waals surface area (Å²) in [7, 11) is 1.61. The number of hydrogen-bond acceptors (Lipinski definition) is 6. The number of carbonyl (C=O) groups excluding carboxylic acids is 1. The summed E-state index contributed by atoms with van der Waals surface area (Å²) in [5.74, 6) is 0.870. The third kappa shape index (κ3) is 4.31. The molecule has 1 N–H and O–H groups in total. The zero-order chi connectivity index (χ0) is 20.8. The second-order valence-electron chi connectivity index (χ2n) is 6.54. The number of ether oxygens (including phenoxy) is 2. The first-order valence-electron chi connectivity index (χ1n) is 9.54. The van der Waals surface area contributed by atoms with Crippen LogP contribution in [0.5, 0.6) is 5.88 Å². The van der Waals surface area contributed by atoms with Gasteiger partial charge in [-0.2, -0.15) is 0 Å². The minimum atomic E-state index is -0.215. The van der Waals surface area contributed by atoms with E-state index in [4.69, 9.17) is 13.9 Å². The van der Waals surface area contributed by atoms with Gasteiger partial charge in [-0.15, -0.1) is 0 Å². The normalized spacial score (nSPS) is 10.8. The second kappa shape index (κ2) is 9.19. The molecule has 152 valence electrons. The van der Waals surface area contributed by atoms with Crippen molar-refractivity contribution in [2.75, 3.05) is 20.3 Å². The summed E-state index contributed by atoms with van der Waals surface area (Å²) in [4.78, 5) is 21.9. The van der Waals surface area contributed by atoms with Gasteiger partial charge in [0.2, 0.25) is 5.88 Å². The van der Waals surface area contributed by atoms with Gasteiger partial charge in [0.15, 0.2) is 5.76 Å². The smallest absolute Gasteiger partial charge is 0.252 e. The van der Waals surface area contributed by atoms with E-state index in [-0.39, 0.29) is 12.5 Å². The lowest BCUT2D eigenvalue weighted by atomic mass is 10.1. The summed E-state index contributed by atoms with van der Waals surface area (Å²) in [6.07, 6.45) is 3.24. The van der Waals surface area contributed by atoms with Crippen LogP contribution in [0, 0.1) is 0 Å². The molecule has 0 aliphatic carbocycles. The monoisotopic (exact) mass is 403 g/mol. The molecule has 3 heterocycles. The van der Waals surface area contributed by atoms with Crippen LogP contribution in [0.3, 0.4) is 0 Å². The van der Waals surface area contributed by atoms with Crippen LogP contribution in [0.1, 0.15) is 15.9 Å². The van der Waals surface area contributed by atoms with Crippen molar-refractivity contribution in [1.82, 2.24) is 15.3 Å². The van der Waals surface area contributed by atoms with Crippen molar-refractivity contribution < 1.29 is 18.7 Å². The van der Waals surface area contributed by atoms with Gasteiger partial charge in [-0.3, -0.25) is 4.79 Å². The zero-order valence-corrected chi connectivity index (χ0v) is 16.5. The maximum atomic E-state index is 13.1. The third-order valence-electron chi connectivity index (χ3n) is 4.55. The molecule has 7 heteroatoms. The Morgan fingerprint density at radius 1 is 1.10 bits per heavy atom. The number of nitrogens with zero attached hydrogens (tertiary/aromatic N) is 2. The van der Waals surface area contributed by atoms with Gasteiger partial charge in [0.05, 0.1) is 24.0 Å². The molecule has 30 heavy (non-hydrogen) atoms. The van der Waals surface area contributed by atoms with Gasteiger partial charge in [0, 0.05) is 30.8 Å². The van der Waals surface area contributed by atoms with E-state index in [1.54, 1.807) is 31.7 Å². The first-order valence-corrected chi connectivity index (χ1v) is 9.54. The van der Waals surface area contributed by atoms with Gasteiger partial charge >= 0.3 is 0 Å². The fourth-order valence-corrected chi connectivity index (χ4v) is 3.09. The summed E-state index contributed by atoms with van der Waals surface area (Å²) in [6.45, 7) is 1.12. The first-order chi connectivity index (χ1) is 14.8. The maximum Gasteiger partial charge on any atom is 0.252 e. The molecule has 0 saturated heterocycles. The molecule has 0 aliphatic rings. The molecule has 3 aromatic heterocycles. The standard InChI is InChI=1S/C23H21N3O4/c1-28-12-13-30-23-16(6-4-10-24-23)15-25-22(27)18-14-20(21-9-5-11-29-21)26-19-8-3-2-7-17(18)19/h2-11,14H,12-13,15H2,1H3,(H,25,27). The number of fused-ring (bicyclic) bond motifs is 1. The van der Waals surface area contributed by atoms with Gasteiger partial charge in [0.1, 0.15) is 12.3 Å². The van der Waals surface area contributed by atoms with E-state index in [9.17, 15) is 4.79 Å². The Labute approximate surface area is 173 Å². The molecule has 0 radical (unpaired) electrons. The average molecular weight is 403 g/mol. The lowest BCUT2D eigenvalue weighted by Gasteiger charge is -2.12. The van der Waals surface area contributed by atoms with E-state index in [0.29, 0.717) is 36.1 Å². The molecule has 0 aliphatic heterocycles. The van der Waals surface area contributed by atoms with E-state index in [1.807, 2.05) is 42.5 Å². The molecule has 0 fully saturated rings. The Bertz CT molecular complexity index is 1140. The van der Waals surface area contributed by atoms with Crippen LogP contribution in [0.2, 0.25) is 0 Å². The van der Waals surface area contributed by atoms with Crippen molar-refractivity contribution in [3.8, 4) is 17.3 Å². The number of nitrogens with one attached hydrogen (secondary N) is 1. The molecule has 0 bridgehead atoms. The molecule has 0 spiro atoms. The molecule has 1 amide bonds. The third-order valence-corrected chi connectivity index (χ3v) is 4.55. The lowest BCUT2D eigenvalue weighted by Crippen LogP contribution is -2.24. The molecule has 7 nitrogen and oxygen atoms in total. The van der Waals surface area contributed by atoms with E-state index in [1.165, 1.54) is 0 Å². The number of carbonyl (C=O) groups is 1. The van der Waals surface area contributed by atoms with Gasteiger partial charge in [-0.05, 0) is 30.3 Å². The lowest BCUT2D eigenvalue weighted by molar-refractivity contribution is 0.0951. The Kier molecular flexibility index (Phi) is 6.01. The topological polar surface area (TPSA) is 86.5 Å². The minimum Gasteiger partial charge on any atom is -0.475 e. The number of aromatic nitrogens is 2. The van der Waals surface area contributed by atoms with Crippen molar-refractivity contribution in [1.29, 1.82) is 0 Å². The highest BCUT2D eigenvalue weighted by Gasteiger charge is 2.15. The van der Waals surface area contributed by atoms with Crippen LogP contribution >= 0.6 is 0 Å². The highest BCUT2D eigenvalue weighted by atomic mass is 16.5. The van der Waals surface area contributed by atoms with E-state index < -0.39 is 0 Å². The molecular weight excluding hydrogens is 382 g/mol. The summed E-state index contributed by atoms with van der Waals surface area (Å²) < 4.78 is 16.1. The molecule has 0 unspecified atom stereocenters. The van der Waals surface area contributed by atoms with Crippen molar-refractivity contribution in [3.05, 3.63) is 78.2 Å².